The lowest BCUT2D eigenvalue weighted by Crippen LogP contribution is -2.13. The highest BCUT2D eigenvalue weighted by Crippen LogP contribution is 2.16. The highest BCUT2D eigenvalue weighted by molar-refractivity contribution is 7.92. The lowest BCUT2D eigenvalue weighted by molar-refractivity contribution is 0.601. The minimum absolute atomic E-state index is 0.119. The number of sulfonamides is 1. The summed E-state index contributed by atoms with van der Waals surface area (Å²) in [5.74, 6) is 0.662. The SMILES string of the molecule is CCCNc1ccc(S(=O)(=O)Nc2cnn(CC)c2)cn1. The van der Waals surface area contributed by atoms with Crippen molar-refractivity contribution in [1.29, 1.82) is 0 Å². The third-order valence-electron chi connectivity index (χ3n) is 2.81. The van der Waals surface area contributed by atoms with E-state index < -0.39 is 10.0 Å². The van der Waals surface area contributed by atoms with Crippen molar-refractivity contribution in [2.75, 3.05) is 16.6 Å². The Balaban J connectivity index is 2.11. The molecule has 2 heterocycles. The zero-order valence-electron chi connectivity index (χ0n) is 12.1. The molecule has 2 N–H and O–H groups in total. The predicted octanol–water partition coefficient (Wildman–Crippen LogP) is 1.92. The second-order valence-electron chi connectivity index (χ2n) is 4.50. The van der Waals surface area contributed by atoms with Gasteiger partial charge in [0, 0.05) is 25.5 Å². The van der Waals surface area contributed by atoms with Crippen LogP contribution in [0.15, 0.2) is 35.6 Å². The van der Waals surface area contributed by atoms with Crippen molar-refractivity contribution in [2.24, 2.45) is 0 Å². The van der Waals surface area contributed by atoms with Gasteiger partial charge in [0.2, 0.25) is 0 Å². The second-order valence-corrected chi connectivity index (χ2v) is 6.18. The van der Waals surface area contributed by atoms with E-state index in [1.54, 1.807) is 16.9 Å². The lowest BCUT2D eigenvalue weighted by Gasteiger charge is -2.07. The second kappa shape index (κ2) is 6.57. The van der Waals surface area contributed by atoms with E-state index in [1.165, 1.54) is 18.5 Å². The van der Waals surface area contributed by atoms with Crippen LogP contribution in [0.1, 0.15) is 20.3 Å². The third-order valence-corrected chi connectivity index (χ3v) is 4.18. The number of aryl methyl sites for hydroxylation is 1. The summed E-state index contributed by atoms with van der Waals surface area (Å²) in [6.07, 6.45) is 5.43. The van der Waals surface area contributed by atoms with Gasteiger partial charge in [0.15, 0.2) is 0 Å². The van der Waals surface area contributed by atoms with E-state index in [0.717, 1.165) is 13.0 Å². The van der Waals surface area contributed by atoms with Gasteiger partial charge in [0.25, 0.3) is 10.0 Å². The number of hydrogen-bond acceptors (Lipinski definition) is 5. The molecule has 0 aliphatic rings. The van der Waals surface area contributed by atoms with Crippen LogP contribution in [0.5, 0.6) is 0 Å². The maximum Gasteiger partial charge on any atom is 0.263 e. The van der Waals surface area contributed by atoms with Gasteiger partial charge in [-0.3, -0.25) is 9.40 Å². The van der Waals surface area contributed by atoms with Crippen LogP contribution >= 0.6 is 0 Å². The molecular formula is C13H19N5O2S. The average Bonchev–Trinajstić information content (AvgIpc) is 2.92. The molecule has 0 atom stereocenters. The smallest absolute Gasteiger partial charge is 0.263 e. The molecule has 0 aliphatic carbocycles. The molecule has 0 saturated heterocycles. The fourth-order valence-electron chi connectivity index (χ4n) is 1.70. The van der Waals surface area contributed by atoms with E-state index in [9.17, 15) is 8.42 Å². The average molecular weight is 309 g/mol. The van der Waals surface area contributed by atoms with Gasteiger partial charge >= 0.3 is 0 Å². The molecule has 7 nitrogen and oxygen atoms in total. The summed E-state index contributed by atoms with van der Waals surface area (Å²) >= 11 is 0. The summed E-state index contributed by atoms with van der Waals surface area (Å²) in [6.45, 7) is 5.46. The quantitative estimate of drug-likeness (QED) is 0.815. The summed E-state index contributed by atoms with van der Waals surface area (Å²) in [5.41, 5.74) is 0.435. The van der Waals surface area contributed by atoms with Gasteiger partial charge in [0.1, 0.15) is 10.7 Å². The molecule has 0 amide bonds. The molecule has 2 aromatic rings. The van der Waals surface area contributed by atoms with Gasteiger partial charge in [-0.1, -0.05) is 6.92 Å². The monoisotopic (exact) mass is 309 g/mol. The van der Waals surface area contributed by atoms with E-state index in [-0.39, 0.29) is 4.90 Å². The molecule has 0 aromatic carbocycles. The summed E-state index contributed by atoms with van der Waals surface area (Å²) in [6, 6.07) is 3.18. The molecule has 0 spiro atoms. The fourth-order valence-corrected chi connectivity index (χ4v) is 2.67. The Morgan fingerprint density at radius 2 is 2.05 bits per heavy atom. The van der Waals surface area contributed by atoms with Crippen LogP contribution < -0.4 is 10.0 Å². The number of pyridine rings is 1. The molecule has 0 aliphatic heterocycles. The van der Waals surface area contributed by atoms with Crippen molar-refractivity contribution in [3.05, 3.63) is 30.7 Å². The predicted molar refractivity (Wildman–Crippen MR) is 81.7 cm³/mol. The molecule has 0 fully saturated rings. The largest absolute Gasteiger partial charge is 0.370 e. The zero-order valence-corrected chi connectivity index (χ0v) is 12.9. The van der Waals surface area contributed by atoms with E-state index >= 15 is 0 Å². The van der Waals surface area contributed by atoms with E-state index in [1.807, 2.05) is 13.8 Å². The number of nitrogens with zero attached hydrogens (tertiary/aromatic N) is 3. The van der Waals surface area contributed by atoms with Crippen LogP contribution in [-0.2, 0) is 16.6 Å². The highest BCUT2D eigenvalue weighted by atomic mass is 32.2. The van der Waals surface area contributed by atoms with Gasteiger partial charge in [-0.15, -0.1) is 0 Å². The summed E-state index contributed by atoms with van der Waals surface area (Å²) in [4.78, 5) is 4.21. The Hall–Kier alpha value is -2.09. The fraction of sp³-hybridized carbons (Fsp3) is 0.385. The lowest BCUT2D eigenvalue weighted by atomic mass is 10.4. The Labute approximate surface area is 124 Å². The highest BCUT2D eigenvalue weighted by Gasteiger charge is 2.15. The van der Waals surface area contributed by atoms with Gasteiger partial charge in [0.05, 0.1) is 11.9 Å². The third kappa shape index (κ3) is 3.94. The number of nitrogens with one attached hydrogen (secondary N) is 2. The number of anilines is 2. The van der Waals surface area contributed by atoms with Crippen molar-refractivity contribution >= 4 is 21.5 Å². The molecule has 0 saturated carbocycles. The van der Waals surface area contributed by atoms with Gasteiger partial charge in [-0.2, -0.15) is 5.10 Å². The van der Waals surface area contributed by atoms with Crippen LogP contribution in [0.25, 0.3) is 0 Å². The van der Waals surface area contributed by atoms with Gasteiger partial charge in [-0.05, 0) is 25.5 Å². The number of aromatic nitrogens is 3. The first-order valence-electron chi connectivity index (χ1n) is 6.80. The van der Waals surface area contributed by atoms with Crippen molar-refractivity contribution in [3.63, 3.8) is 0 Å². The van der Waals surface area contributed by atoms with E-state index in [2.05, 4.69) is 20.1 Å². The van der Waals surface area contributed by atoms with Crippen molar-refractivity contribution in [3.8, 4) is 0 Å². The topological polar surface area (TPSA) is 88.9 Å². The Bertz CT molecular complexity index is 679. The first-order chi connectivity index (χ1) is 10.0. The minimum atomic E-state index is -3.64. The molecule has 0 unspecified atom stereocenters. The molecule has 0 radical (unpaired) electrons. The Kier molecular flexibility index (Phi) is 4.79. The molecular weight excluding hydrogens is 290 g/mol. The maximum absolute atomic E-state index is 12.2. The first kappa shape index (κ1) is 15.3. The summed E-state index contributed by atoms with van der Waals surface area (Å²) in [7, 11) is -3.64. The summed E-state index contributed by atoms with van der Waals surface area (Å²) < 4.78 is 28.6. The molecule has 114 valence electrons. The van der Waals surface area contributed by atoms with Crippen LogP contribution in [0.2, 0.25) is 0 Å². The first-order valence-corrected chi connectivity index (χ1v) is 8.28. The molecule has 2 rings (SSSR count). The molecule has 2 aromatic heterocycles. The minimum Gasteiger partial charge on any atom is -0.370 e. The van der Waals surface area contributed by atoms with Gasteiger partial charge in [-0.25, -0.2) is 13.4 Å². The molecule has 0 bridgehead atoms. The van der Waals surface area contributed by atoms with Crippen molar-refractivity contribution in [2.45, 2.75) is 31.7 Å². The molecule has 8 heteroatoms. The van der Waals surface area contributed by atoms with Crippen LogP contribution in [-0.4, -0.2) is 29.7 Å². The number of hydrogen-bond donors (Lipinski definition) is 2. The Morgan fingerprint density at radius 1 is 1.24 bits per heavy atom. The van der Waals surface area contributed by atoms with E-state index in [4.69, 9.17) is 0 Å². The molecule has 21 heavy (non-hydrogen) atoms. The van der Waals surface area contributed by atoms with Crippen LogP contribution in [0.3, 0.4) is 0 Å². The zero-order chi connectivity index (χ0) is 15.3. The normalized spacial score (nSPS) is 11.3. The standard InChI is InChI=1S/C13H19N5O2S/c1-3-7-14-13-6-5-12(9-15-13)21(19,20)17-11-8-16-18(4-2)10-11/h5-6,8-10,17H,3-4,7H2,1-2H3,(H,14,15). The maximum atomic E-state index is 12.2. The van der Waals surface area contributed by atoms with Gasteiger partial charge < -0.3 is 5.32 Å². The van der Waals surface area contributed by atoms with Crippen molar-refractivity contribution < 1.29 is 8.42 Å². The van der Waals surface area contributed by atoms with Crippen LogP contribution in [0.4, 0.5) is 11.5 Å². The summed E-state index contributed by atoms with van der Waals surface area (Å²) in [5, 5.41) is 7.12. The van der Waals surface area contributed by atoms with Crippen molar-refractivity contribution in [1.82, 2.24) is 14.8 Å². The Morgan fingerprint density at radius 3 is 2.62 bits per heavy atom. The van der Waals surface area contributed by atoms with E-state index in [0.29, 0.717) is 18.1 Å². The van der Waals surface area contributed by atoms with Crippen LogP contribution in [0, 0.1) is 0 Å². The number of rotatable bonds is 7.